The van der Waals surface area contributed by atoms with Crippen LogP contribution in [0, 0.1) is 0 Å². The van der Waals surface area contributed by atoms with E-state index < -0.39 is 5.97 Å². The first-order valence-corrected chi connectivity index (χ1v) is 8.20. The lowest BCUT2D eigenvalue weighted by Crippen LogP contribution is -2.08. The van der Waals surface area contributed by atoms with Gasteiger partial charge in [-0.25, -0.2) is 0 Å². The number of rotatable bonds is 9. The lowest BCUT2D eigenvalue weighted by Gasteiger charge is -2.17. The average molecular weight is 312 g/mol. The molecule has 0 aromatic heterocycles. The van der Waals surface area contributed by atoms with Gasteiger partial charge in [-0.3, -0.25) is 4.79 Å². The summed E-state index contributed by atoms with van der Waals surface area (Å²) in [5.41, 5.74) is 1.99. The van der Waals surface area contributed by atoms with Crippen LogP contribution in [0.2, 0.25) is 0 Å². The maximum Gasteiger partial charge on any atom is 0.304 e. The zero-order chi connectivity index (χ0) is 16.5. The van der Waals surface area contributed by atoms with E-state index in [9.17, 15) is 9.90 Å². The van der Waals surface area contributed by atoms with E-state index in [-0.39, 0.29) is 12.3 Å². The topological polar surface area (TPSA) is 46.5 Å². The Morgan fingerprint density at radius 3 is 2.48 bits per heavy atom. The molecular formula is C20H24O3. The van der Waals surface area contributed by atoms with Crippen LogP contribution in [-0.2, 0) is 4.79 Å². The predicted octanol–water partition coefficient (Wildman–Crippen LogP) is 4.86. The second kappa shape index (κ2) is 8.99. The van der Waals surface area contributed by atoms with Crippen LogP contribution in [0.1, 0.15) is 49.7 Å². The fourth-order valence-corrected chi connectivity index (χ4v) is 2.65. The zero-order valence-electron chi connectivity index (χ0n) is 13.6. The predicted molar refractivity (Wildman–Crippen MR) is 92.0 cm³/mol. The molecule has 0 aliphatic rings. The summed E-state index contributed by atoms with van der Waals surface area (Å²) in [7, 11) is 0. The molecule has 0 saturated heterocycles. The van der Waals surface area contributed by atoms with Gasteiger partial charge in [0.15, 0.2) is 0 Å². The fraction of sp³-hybridized carbons (Fsp3) is 0.350. The first kappa shape index (κ1) is 17.1. The monoisotopic (exact) mass is 312 g/mol. The molecule has 0 bridgehead atoms. The molecule has 1 atom stereocenters. The lowest BCUT2D eigenvalue weighted by molar-refractivity contribution is -0.137. The van der Waals surface area contributed by atoms with E-state index in [1.807, 2.05) is 54.6 Å². The van der Waals surface area contributed by atoms with Crippen LogP contribution in [0.4, 0.5) is 0 Å². The van der Waals surface area contributed by atoms with Gasteiger partial charge in [-0.05, 0) is 29.7 Å². The maximum atomic E-state index is 11.3. The van der Waals surface area contributed by atoms with Crippen LogP contribution in [-0.4, -0.2) is 17.7 Å². The number of carbonyl (C=O) groups is 1. The SMILES string of the molecule is CCCCCOc1cccc([C@H](CC(=O)O)c2ccccc2)c1. The van der Waals surface area contributed by atoms with Gasteiger partial charge in [0.25, 0.3) is 0 Å². The number of unbranched alkanes of at least 4 members (excludes halogenated alkanes) is 2. The zero-order valence-corrected chi connectivity index (χ0v) is 13.6. The largest absolute Gasteiger partial charge is 0.494 e. The molecule has 23 heavy (non-hydrogen) atoms. The molecule has 0 aliphatic carbocycles. The minimum Gasteiger partial charge on any atom is -0.494 e. The van der Waals surface area contributed by atoms with Gasteiger partial charge in [-0.15, -0.1) is 0 Å². The number of ether oxygens (including phenoxy) is 1. The lowest BCUT2D eigenvalue weighted by atomic mass is 9.88. The molecule has 0 aliphatic heterocycles. The molecule has 0 saturated carbocycles. The summed E-state index contributed by atoms with van der Waals surface area (Å²) in [5.74, 6) is -0.147. The van der Waals surface area contributed by atoms with Crippen molar-refractivity contribution in [3.05, 3.63) is 65.7 Å². The highest BCUT2D eigenvalue weighted by atomic mass is 16.5. The number of benzene rings is 2. The molecule has 2 rings (SSSR count). The normalized spacial score (nSPS) is 11.9. The number of carboxylic acid groups (broad SMARTS) is 1. The molecule has 0 amide bonds. The van der Waals surface area contributed by atoms with Gasteiger partial charge in [-0.1, -0.05) is 62.2 Å². The van der Waals surface area contributed by atoms with Gasteiger partial charge in [0.1, 0.15) is 5.75 Å². The van der Waals surface area contributed by atoms with Gasteiger partial charge in [0.05, 0.1) is 13.0 Å². The first-order valence-electron chi connectivity index (χ1n) is 8.20. The molecule has 0 unspecified atom stereocenters. The number of hydrogen-bond donors (Lipinski definition) is 1. The Balaban J connectivity index is 2.16. The van der Waals surface area contributed by atoms with E-state index in [1.54, 1.807) is 0 Å². The van der Waals surface area contributed by atoms with Crippen molar-refractivity contribution in [3.8, 4) is 5.75 Å². The molecular weight excluding hydrogens is 288 g/mol. The molecule has 0 fully saturated rings. The van der Waals surface area contributed by atoms with Crippen molar-refractivity contribution < 1.29 is 14.6 Å². The van der Waals surface area contributed by atoms with Crippen molar-refractivity contribution in [2.45, 2.75) is 38.5 Å². The maximum absolute atomic E-state index is 11.3. The van der Waals surface area contributed by atoms with Gasteiger partial charge in [-0.2, -0.15) is 0 Å². The van der Waals surface area contributed by atoms with Gasteiger partial charge in [0.2, 0.25) is 0 Å². The van der Waals surface area contributed by atoms with Crippen LogP contribution in [0.5, 0.6) is 5.75 Å². The van der Waals surface area contributed by atoms with Crippen molar-refractivity contribution in [2.75, 3.05) is 6.61 Å². The van der Waals surface area contributed by atoms with E-state index >= 15 is 0 Å². The fourth-order valence-electron chi connectivity index (χ4n) is 2.65. The highest BCUT2D eigenvalue weighted by Gasteiger charge is 2.18. The third kappa shape index (κ3) is 5.44. The molecule has 3 heteroatoms. The van der Waals surface area contributed by atoms with Crippen LogP contribution in [0.15, 0.2) is 54.6 Å². The highest BCUT2D eigenvalue weighted by molar-refractivity contribution is 5.69. The van der Waals surface area contributed by atoms with Crippen LogP contribution < -0.4 is 4.74 Å². The Labute approximate surface area is 137 Å². The van der Waals surface area contributed by atoms with E-state index in [1.165, 1.54) is 0 Å². The van der Waals surface area contributed by atoms with Crippen molar-refractivity contribution in [1.82, 2.24) is 0 Å². The molecule has 1 N–H and O–H groups in total. The number of carboxylic acids is 1. The summed E-state index contributed by atoms with van der Waals surface area (Å²) in [6.07, 6.45) is 3.44. The molecule has 0 heterocycles. The summed E-state index contributed by atoms with van der Waals surface area (Å²) >= 11 is 0. The summed E-state index contributed by atoms with van der Waals surface area (Å²) in [6, 6.07) is 17.6. The Hall–Kier alpha value is -2.29. The van der Waals surface area contributed by atoms with Crippen LogP contribution >= 0.6 is 0 Å². The summed E-state index contributed by atoms with van der Waals surface area (Å²) in [6.45, 7) is 2.86. The highest BCUT2D eigenvalue weighted by Crippen LogP contribution is 2.30. The number of hydrogen-bond acceptors (Lipinski definition) is 2. The minimum atomic E-state index is -0.798. The first-order chi connectivity index (χ1) is 11.2. The van der Waals surface area contributed by atoms with E-state index in [0.29, 0.717) is 6.61 Å². The Morgan fingerprint density at radius 1 is 1.04 bits per heavy atom. The minimum absolute atomic E-state index is 0.0727. The molecule has 122 valence electrons. The van der Waals surface area contributed by atoms with Crippen molar-refractivity contribution in [1.29, 1.82) is 0 Å². The van der Waals surface area contributed by atoms with Gasteiger partial charge >= 0.3 is 5.97 Å². The second-order valence-corrected chi connectivity index (χ2v) is 5.69. The quantitative estimate of drug-likeness (QED) is 0.672. The van der Waals surface area contributed by atoms with E-state index in [2.05, 4.69) is 6.92 Å². The molecule has 0 radical (unpaired) electrons. The van der Waals surface area contributed by atoms with Crippen LogP contribution in [0.25, 0.3) is 0 Å². The van der Waals surface area contributed by atoms with Crippen molar-refractivity contribution in [3.63, 3.8) is 0 Å². The Bertz CT molecular complexity index is 607. The summed E-state index contributed by atoms with van der Waals surface area (Å²) in [5, 5.41) is 9.25. The Kier molecular flexibility index (Phi) is 6.67. The molecule has 0 spiro atoms. The smallest absolute Gasteiger partial charge is 0.304 e. The van der Waals surface area contributed by atoms with Crippen molar-refractivity contribution in [2.24, 2.45) is 0 Å². The van der Waals surface area contributed by atoms with Gasteiger partial charge in [0, 0.05) is 5.92 Å². The molecule has 2 aromatic rings. The Morgan fingerprint density at radius 2 is 1.78 bits per heavy atom. The average Bonchev–Trinajstić information content (AvgIpc) is 2.57. The number of aliphatic carboxylic acids is 1. The van der Waals surface area contributed by atoms with E-state index in [4.69, 9.17) is 4.74 Å². The summed E-state index contributed by atoms with van der Waals surface area (Å²) < 4.78 is 5.79. The third-order valence-electron chi connectivity index (χ3n) is 3.86. The molecule has 2 aromatic carbocycles. The second-order valence-electron chi connectivity index (χ2n) is 5.69. The third-order valence-corrected chi connectivity index (χ3v) is 3.86. The van der Waals surface area contributed by atoms with Crippen molar-refractivity contribution >= 4 is 5.97 Å². The van der Waals surface area contributed by atoms with E-state index in [0.717, 1.165) is 36.1 Å². The standard InChI is InChI=1S/C20H24O3/c1-2-3-7-13-23-18-12-8-11-17(14-18)19(15-20(21)22)16-9-5-4-6-10-16/h4-6,8-12,14,19H,2-3,7,13,15H2,1H3,(H,21,22)/t19-/m1/s1. The van der Waals surface area contributed by atoms with Crippen LogP contribution in [0.3, 0.4) is 0 Å². The van der Waals surface area contributed by atoms with Gasteiger partial charge < -0.3 is 9.84 Å². The summed E-state index contributed by atoms with van der Waals surface area (Å²) in [4.78, 5) is 11.3. The molecule has 3 nitrogen and oxygen atoms in total.